The van der Waals surface area contributed by atoms with Gasteiger partial charge in [-0.15, -0.1) is 0 Å². The molecule has 0 bridgehead atoms. The summed E-state index contributed by atoms with van der Waals surface area (Å²) in [7, 11) is 0. The first kappa shape index (κ1) is 19.1. The molecule has 1 atom stereocenters. The number of amides is 2. The average Bonchev–Trinajstić information content (AvgIpc) is 3.17. The van der Waals surface area contributed by atoms with Gasteiger partial charge in [0.05, 0.1) is 12.5 Å². The van der Waals surface area contributed by atoms with Gasteiger partial charge in [0.2, 0.25) is 11.8 Å². The molecule has 2 amide bonds. The molecule has 1 aromatic carbocycles. The minimum atomic E-state index is -0.286. The van der Waals surface area contributed by atoms with Gasteiger partial charge in [-0.25, -0.2) is 9.67 Å². The minimum absolute atomic E-state index is 0.0393. The topological polar surface area (TPSA) is 80.1 Å². The van der Waals surface area contributed by atoms with Crippen molar-refractivity contribution in [3.63, 3.8) is 0 Å². The summed E-state index contributed by atoms with van der Waals surface area (Å²) >= 11 is 0. The first-order chi connectivity index (χ1) is 13.0. The van der Waals surface area contributed by atoms with Gasteiger partial charge in [-0.1, -0.05) is 31.2 Å². The molecule has 1 saturated heterocycles. The second-order valence-corrected chi connectivity index (χ2v) is 7.07. The number of hydrogen-bond donors (Lipinski definition) is 1. The van der Waals surface area contributed by atoms with E-state index < -0.39 is 0 Å². The van der Waals surface area contributed by atoms with Crippen molar-refractivity contribution in [1.29, 1.82) is 0 Å². The summed E-state index contributed by atoms with van der Waals surface area (Å²) in [5, 5.41) is 7.20. The Morgan fingerprint density at radius 3 is 2.56 bits per heavy atom. The summed E-state index contributed by atoms with van der Waals surface area (Å²) in [5.41, 5.74) is 2.38. The van der Waals surface area contributed by atoms with Crippen LogP contribution in [0.3, 0.4) is 0 Å². The zero-order valence-electron chi connectivity index (χ0n) is 16.2. The molecule has 0 unspecified atom stereocenters. The van der Waals surface area contributed by atoms with Gasteiger partial charge in [0.25, 0.3) is 0 Å². The molecule has 0 radical (unpaired) electrons. The van der Waals surface area contributed by atoms with Crippen molar-refractivity contribution in [2.24, 2.45) is 5.92 Å². The van der Waals surface area contributed by atoms with Crippen LogP contribution in [0.5, 0.6) is 0 Å². The molecule has 1 aliphatic rings. The number of nitrogens with zero attached hydrogens (tertiary/aromatic N) is 4. The Morgan fingerprint density at radius 2 is 1.93 bits per heavy atom. The number of rotatable bonds is 7. The van der Waals surface area contributed by atoms with Crippen LogP contribution in [0.25, 0.3) is 0 Å². The van der Waals surface area contributed by atoms with Gasteiger partial charge in [0.1, 0.15) is 11.6 Å². The second-order valence-electron chi connectivity index (χ2n) is 7.07. The van der Waals surface area contributed by atoms with Gasteiger partial charge < -0.3 is 10.2 Å². The molecule has 144 valence electrons. The lowest BCUT2D eigenvalue weighted by Gasteiger charge is -2.17. The first-order valence-electron chi connectivity index (χ1n) is 9.47. The highest BCUT2D eigenvalue weighted by Crippen LogP contribution is 2.20. The maximum atomic E-state index is 12.4. The molecule has 1 aromatic heterocycles. The normalized spacial score (nSPS) is 16.8. The molecule has 7 heteroatoms. The molecular formula is C20H27N5O2. The number of aryl methyl sites for hydroxylation is 3. The summed E-state index contributed by atoms with van der Waals surface area (Å²) in [5.74, 6) is 1.24. The van der Waals surface area contributed by atoms with E-state index in [9.17, 15) is 9.59 Å². The number of benzene rings is 1. The molecule has 2 heterocycles. The first-order valence-corrected chi connectivity index (χ1v) is 9.47. The standard InChI is InChI=1S/C20H27N5O2/c1-4-16-5-7-17(8-6-16)12-24-13-18(11-19(24)26)20(27)21-9-10-25-15(3)22-14(2)23-25/h5-8,18H,4,9-13H2,1-3H3,(H,21,27)/t18-/m0/s1. The van der Waals surface area contributed by atoms with E-state index in [2.05, 4.69) is 46.6 Å². The quantitative estimate of drug-likeness (QED) is 0.804. The van der Waals surface area contributed by atoms with Crippen molar-refractivity contribution in [3.8, 4) is 0 Å². The molecule has 0 saturated carbocycles. The van der Waals surface area contributed by atoms with E-state index in [1.165, 1.54) is 5.56 Å². The van der Waals surface area contributed by atoms with Crippen molar-refractivity contribution in [1.82, 2.24) is 25.0 Å². The third-order valence-corrected chi connectivity index (χ3v) is 4.98. The number of nitrogens with one attached hydrogen (secondary N) is 1. The summed E-state index contributed by atoms with van der Waals surface area (Å²) in [6.45, 7) is 7.94. The molecule has 1 N–H and O–H groups in total. The van der Waals surface area contributed by atoms with Crippen molar-refractivity contribution in [2.75, 3.05) is 13.1 Å². The lowest BCUT2D eigenvalue weighted by atomic mass is 10.1. The summed E-state index contributed by atoms with van der Waals surface area (Å²) < 4.78 is 1.78. The van der Waals surface area contributed by atoms with Gasteiger partial charge in [0, 0.05) is 26.1 Å². The number of aromatic nitrogens is 3. The fourth-order valence-electron chi connectivity index (χ4n) is 3.40. The third kappa shape index (κ3) is 4.72. The van der Waals surface area contributed by atoms with Gasteiger partial charge in [-0.2, -0.15) is 5.10 Å². The zero-order valence-corrected chi connectivity index (χ0v) is 16.2. The Kier molecular flexibility index (Phi) is 5.88. The van der Waals surface area contributed by atoms with Crippen LogP contribution in [0, 0.1) is 19.8 Å². The summed E-state index contributed by atoms with van der Waals surface area (Å²) in [4.78, 5) is 30.7. The fourth-order valence-corrected chi connectivity index (χ4v) is 3.40. The van der Waals surface area contributed by atoms with Crippen LogP contribution in [0.2, 0.25) is 0 Å². The van der Waals surface area contributed by atoms with E-state index in [1.54, 1.807) is 9.58 Å². The lowest BCUT2D eigenvalue weighted by Crippen LogP contribution is -2.35. The van der Waals surface area contributed by atoms with E-state index in [0.29, 0.717) is 26.2 Å². The number of carbonyl (C=O) groups excluding carboxylic acids is 2. The Hall–Kier alpha value is -2.70. The van der Waals surface area contributed by atoms with Gasteiger partial charge in [0.15, 0.2) is 0 Å². The van der Waals surface area contributed by atoms with Gasteiger partial charge in [-0.3, -0.25) is 9.59 Å². The molecule has 0 aliphatic carbocycles. The minimum Gasteiger partial charge on any atom is -0.354 e. The Balaban J connectivity index is 1.48. The van der Waals surface area contributed by atoms with E-state index >= 15 is 0 Å². The van der Waals surface area contributed by atoms with E-state index in [1.807, 2.05) is 13.8 Å². The highest BCUT2D eigenvalue weighted by molar-refractivity contribution is 5.89. The summed E-state index contributed by atoms with van der Waals surface area (Å²) in [6, 6.07) is 8.30. The van der Waals surface area contributed by atoms with Crippen molar-refractivity contribution in [2.45, 2.75) is 46.7 Å². The molecule has 2 aromatic rings. The predicted octanol–water partition coefficient (Wildman–Crippen LogP) is 1.62. The van der Waals surface area contributed by atoms with E-state index in [0.717, 1.165) is 23.6 Å². The lowest BCUT2D eigenvalue weighted by molar-refractivity contribution is -0.129. The third-order valence-electron chi connectivity index (χ3n) is 4.98. The van der Waals surface area contributed by atoms with Crippen LogP contribution in [-0.2, 0) is 29.1 Å². The highest BCUT2D eigenvalue weighted by atomic mass is 16.2. The molecule has 27 heavy (non-hydrogen) atoms. The molecule has 1 aliphatic heterocycles. The van der Waals surface area contributed by atoms with Crippen LogP contribution >= 0.6 is 0 Å². The Labute approximate surface area is 159 Å². The number of carbonyl (C=O) groups is 2. The van der Waals surface area contributed by atoms with Crippen LogP contribution in [0.1, 0.15) is 36.1 Å². The SMILES string of the molecule is CCc1ccc(CN2C[C@@H](C(=O)NCCn3nc(C)nc3C)CC2=O)cc1. The van der Waals surface area contributed by atoms with Gasteiger partial charge >= 0.3 is 0 Å². The maximum Gasteiger partial charge on any atom is 0.225 e. The monoisotopic (exact) mass is 369 g/mol. The van der Waals surface area contributed by atoms with E-state index in [-0.39, 0.29) is 24.2 Å². The summed E-state index contributed by atoms with van der Waals surface area (Å²) in [6.07, 6.45) is 1.28. The largest absolute Gasteiger partial charge is 0.354 e. The average molecular weight is 369 g/mol. The number of hydrogen-bond acceptors (Lipinski definition) is 4. The second kappa shape index (κ2) is 8.33. The smallest absolute Gasteiger partial charge is 0.225 e. The number of likely N-dealkylation sites (tertiary alicyclic amines) is 1. The highest BCUT2D eigenvalue weighted by Gasteiger charge is 2.34. The van der Waals surface area contributed by atoms with Crippen LogP contribution in [0.15, 0.2) is 24.3 Å². The zero-order chi connectivity index (χ0) is 19.4. The van der Waals surface area contributed by atoms with Crippen LogP contribution in [-0.4, -0.2) is 44.6 Å². The molecule has 1 fully saturated rings. The van der Waals surface area contributed by atoms with Crippen LogP contribution in [0.4, 0.5) is 0 Å². The van der Waals surface area contributed by atoms with Gasteiger partial charge in [-0.05, 0) is 31.4 Å². The molecule has 3 rings (SSSR count). The predicted molar refractivity (Wildman–Crippen MR) is 102 cm³/mol. The van der Waals surface area contributed by atoms with Crippen molar-refractivity contribution >= 4 is 11.8 Å². The van der Waals surface area contributed by atoms with Crippen LogP contribution < -0.4 is 5.32 Å². The molecule has 0 spiro atoms. The Bertz CT molecular complexity index is 812. The Morgan fingerprint density at radius 1 is 1.22 bits per heavy atom. The fraction of sp³-hybridized carbons (Fsp3) is 0.500. The maximum absolute atomic E-state index is 12.4. The molecule has 7 nitrogen and oxygen atoms in total. The van der Waals surface area contributed by atoms with Crippen molar-refractivity contribution in [3.05, 3.63) is 47.0 Å². The molecular weight excluding hydrogens is 342 g/mol. The van der Waals surface area contributed by atoms with E-state index in [4.69, 9.17) is 0 Å². The van der Waals surface area contributed by atoms with Crippen molar-refractivity contribution < 1.29 is 9.59 Å².